The van der Waals surface area contributed by atoms with Crippen LogP contribution >= 0.6 is 23.4 Å². The second-order valence-corrected chi connectivity index (χ2v) is 8.55. The Morgan fingerprint density at radius 1 is 1.00 bits per heavy atom. The predicted octanol–water partition coefficient (Wildman–Crippen LogP) is 6.03. The highest BCUT2D eigenvalue weighted by Crippen LogP contribution is 2.32. The Kier molecular flexibility index (Phi) is 7.45. The first kappa shape index (κ1) is 21.5. The molecule has 0 amide bonds. The van der Waals surface area contributed by atoms with Crippen LogP contribution in [0, 0.1) is 5.92 Å². The van der Waals surface area contributed by atoms with Gasteiger partial charge in [-0.05, 0) is 42.7 Å². The molecule has 0 aliphatic carbocycles. The van der Waals surface area contributed by atoms with E-state index in [1.807, 2.05) is 55.5 Å². The van der Waals surface area contributed by atoms with Crippen molar-refractivity contribution in [3.05, 3.63) is 64.9 Å². The lowest BCUT2D eigenvalue weighted by Gasteiger charge is -2.19. The number of hydrogen-bond donors (Lipinski definition) is 0. The molecule has 0 aliphatic heterocycles. The minimum Gasteiger partial charge on any atom is -0.493 e. The Morgan fingerprint density at radius 2 is 1.69 bits per heavy atom. The third-order valence-electron chi connectivity index (χ3n) is 4.31. The number of halogens is 1. The number of methoxy groups -OCH3 is 1. The summed E-state index contributed by atoms with van der Waals surface area (Å²) in [5.41, 5.74) is 1.19. The molecule has 1 unspecified atom stereocenters. The smallest absolute Gasteiger partial charge is 0.191 e. The number of para-hydroxylation sites is 2. The van der Waals surface area contributed by atoms with Crippen molar-refractivity contribution >= 4 is 23.4 Å². The van der Waals surface area contributed by atoms with Crippen molar-refractivity contribution < 1.29 is 9.47 Å². The fourth-order valence-corrected chi connectivity index (χ4v) is 3.97. The summed E-state index contributed by atoms with van der Waals surface area (Å²) in [6, 6.07) is 15.5. The Bertz CT molecular complexity index is 928. The molecule has 0 aliphatic rings. The number of thioether (sulfide) groups is 1. The molecule has 1 aromatic heterocycles. The highest BCUT2D eigenvalue weighted by molar-refractivity contribution is 7.98. The van der Waals surface area contributed by atoms with E-state index in [1.54, 1.807) is 18.9 Å². The van der Waals surface area contributed by atoms with Crippen molar-refractivity contribution in [1.29, 1.82) is 0 Å². The molecule has 1 heterocycles. The van der Waals surface area contributed by atoms with Gasteiger partial charge in [-0.1, -0.05) is 61.5 Å². The number of ether oxygens (including phenoxy) is 2. The molecule has 0 spiro atoms. The van der Waals surface area contributed by atoms with Crippen molar-refractivity contribution in [3.8, 4) is 11.5 Å². The average molecular weight is 432 g/mol. The monoisotopic (exact) mass is 431 g/mol. The van der Waals surface area contributed by atoms with Crippen molar-refractivity contribution in [1.82, 2.24) is 14.8 Å². The molecule has 0 N–H and O–H groups in total. The first-order chi connectivity index (χ1) is 14.0. The van der Waals surface area contributed by atoms with Crippen LogP contribution in [0.4, 0.5) is 0 Å². The van der Waals surface area contributed by atoms with Gasteiger partial charge >= 0.3 is 0 Å². The molecule has 29 heavy (non-hydrogen) atoms. The Labute approximate surface area is 181 Å². The van der Waals surface area contributed by atoms with Gasteiger partial charge in [0.1, 0.15) is 0 Å². The quantitative estimate of drug-likeness (QED) is 0.387. The lowest BCUT2D eigenvalue weighted by atomic mass is 10.2. The van der Waals surface area contributed by atoms with Crippen molar-refractivity contribution in [2.45, 2.75) is 44.3 Å². The van der Waals surface area contributed by atoms with Crippen molar-refractivity contribution in [3.63, 3.8) is 0 Å². The third-order valence-corrected chi connectivity index (χ3v) is 5.60. The summed E-state index contributed by atoms with van der Waals surface area (Å²) in [4.78, 5) is 0. The zero-order valence-corrected chi connectivity index (χ0v) is 18.7. The highest BCUT2D eigenvalue weighted by atomic mass is 35.5. The van der Waals surface area contributed by atoms with Crippen LogP contribution in [0.3, 0.4) is 0 Å². The molecule has 2 aromatic carbocycles. The van der Waals surface area contributed by atoms with E-state index in [-0.39, 0.29) is 6.10 Å². The van der Waals surface area contributed by atoms with E-state index in [2.05, 4.69) is 28.6 Å². The molecule has 0 saturated carbocycles. The van der Waals surface area contributed by atoms with Crippen LogP contribution in [-0.2, 0) is 12.3 Å². The first-order valence-corrected chi connectivity index (χ1v) is 10.9. The number of hydrogen-bond acceptors (Lipinski definition) is 5. The maximum Gasteiger partial charge on any atom is 0.191 e. The minimum absolute atomic E-state index is 0.262. The lowest BCUT2D eigenvalue weighted by molar-refractivity contribution is 0.198. The van der Waals surface area contributed by atoms with E-state index in [0.717, 1.165) is 28.3 Å². The van der Waals surface area contributed by atoms with Gasteiger partial charge in [-0.25, -0.2) is 0 Å². The Balaban J connectivity index is 1.79. The number of rotatable bonds is 9. The summed E-state index contributed by atoms with van der Waals surface area (Å²) in [6.07, 6.45) is -0.262. The normalized spacial score (nSPS) is 12.2. The summed E-state index contributed by atoms with van der Waals surface area (Å²) in [7, 11) is 1.64. The molecule has 0 fully saturated rings. The maximum absolute atomic E-state index is 6.16. The summed E-state index contributed by atoms with van der Waals surface area (Å²) in [5, 5.41) is 10.5. The van der Waals surface area contributed by atoms with E-state index in [9.17, 15) is 0 Å². The molecule has 7 heteroatoms. The van der Waals surface area contributed by atoms with Crippen LogP contribution in [0.5, 0.6) is 11.5 Å². The average Bonchev–Trinajstić information content (AvgIpc) is 3.10. The summed E-state index contributed by atoms with van der Waals surface area (Å²) < 4.78 is 13.7. The largest absolute Gasteiger partial charge is 0.493 e. The first-order valence-electron chi connectivity index (χ1n) is 9.58. The Hall–Kier alpha value is -2.18. The molecule has 1 atom stereocenters. The molecule has 3 rings (SSSR count). The van der Waals surface area contributed by atoms with E-state index in [4.69, 9.17) is 21.1 Å². The maximum atomic E-state index is 6.16. The molecule has 0 radical (unpaired) electrons. The van der Waals surface area contributed by atoms with Crippen LogP contribution < -0.4 is 9.47 Å². The van der Waals surface area contributed by atoms with Crippen LogP contribution in [0.1, 0.15) is 38.3 Å². The molecular weight excluding hydrogens is 406 g/mol. The van der Waals surface area contributed by atoms with Crippen LogP contribution in [0.15, 0.2) is 53.7 Å². The van der Waals surface area contributed by atoms with E-state index >= 15 is 0 Å². The van der Waals surface area contributed by atoms with Gasteiger partial charge in [0.2, 0.25) is 0 Å². The summed E-state index contributed by atoms with van der Waals surface area (Å²) in [5.74, 6) is 3.46. The van der Waals surface area contributed by atoms with Gasteiger partial charge < -0.3 is 14.0 Å². The SMILES string of the molecule is COc1ccccc1OC(C)c1nnc(SCc2ccc(Cl)cc2)n1CC(C)C. The van der Waals surface area contributed by atoms with Gasteiger partial charge in [-0.15, -0.1) is 10.2 Å². The summed E-state index contributed by atoms with van der Waals surface area (Å²) in [6.45, 7) is 7.18. The fourth-order valence-electron chi connectivity index (χ4n) is 2.93. The molecule has 0 saturated heterocycles. The Morgan fingerprint density at radius 3 is 2.34 bits per heavy atom. The highest BCUT2D eigenvalue weighted by Gasteiger charge is 2.21. The lowest BCUT2D eigenvalue weighted by Crippen LogP contribution is -2.15. The van der Waals surface area contributed by atoms with E-state index in [0.29, 0.717) is 17.4 Å². The number of benzene rings is 2. The van der Waals surface area contributed by atoms with Gasteiger partial charge in [0.25, 0.3) is 0 Å². The van der Waals surface area contributed by atoms with E-state index < -0.39 is 0 Å². The van der Waals surface area contributed by atoms with Crippen LogP contribution in [0.2, 0.25) is 5.02 Å². The van der Waals surface area contributed by atoms with E-state index in [1.165, 1.54) is 5.56 Å². The summed E-state index contributed by atoms with van der Waals surface area (Å²) >= 11 is 7.65. The fraction of sp³-hybridized carbons (Fsp3) is 0.364. The van der Waals surface area contributed by atoms with Gasteiger partial charge in [-0.3, -0.25) is 0 Å². The molecule has 154 valence electrons. The van der Waals surface area contributed by atoms with Gasteiger partial charge in [0, 0.05) is 17.3 Å². The predicted molar refractivity (Wildman–Crippen MR) is 118 cm³/mol. The molecule has 3 aromatic rings. The second-order valence-electron chi connectivity index (χ2n) is 7.17. The number of nitrogens with zero attached hydrogens (tertiary/aromatic N) is 3. The zero-order valence-electron chi connectivity index (χ0n) is 17.1. The topological polar surface area (TPSA) is 49.2 Å². The van der Waals surface area contributed by atoms with Gasteiger partial charge in [0.15, 0.2) is 28.6 Å². The van der Waals surface area contributed by atoms with Crippen LogP contribution in [-0.4, -0.2) is 21.9 Å². The number of aromatic nitrogens is 3. The zero-order chi connectivity index (χ0) is 20.8. The van der Waals surface area contributed by atoms with Gasteiger partial charge in [-0.2, -0.15) is 0 Å². The molecule has 5 nitrogen and oxygen atoms in total. The van der Waals surface area contributed by atoms with Crippen molar-refractivity contribution in [2.24, 2.45) is 5.92 Å². The minimum atomic E-state index is -0.262. The van der Waals surface area contributed by atoms with Crippen LogP contribution in [0.25, 0.3) is 0 Å². The van der Waals surface area contributed by atoms with Crippen molar-refractivity contribution in [2.75, 3.05) is 7.11 Å². The second kappa shape index (κ2) is 10.0. The third kappa shape index (κ3) is 5.67. The van der Waals surface area contributed by atoms with Gasteiger partial charge in [0.05, 0.1) is 7.11 Å². The standard InChI is InChI=1S/C22H26ClN3O2S/c1-15(2)13-26-21(16(3)28-20-8-6-5-7-19(20)27-4)24-25-22(26)29-14-17-9-11-18(23)12-10-17/h5-12,15-16H,13-14H2,1-4H3. The molecular formula is C22H26ClN3O2S. The molecule has 0 bridgehead atoms.